The van der Waals surface area contributed by atoms with Gasteiger partial charge in [-0.2, -0.15) is 0 Å². The molecule has 122 valence electrons. The highest BCUT2D eigenvalue weighted by molar-refractivity contribution is 5.73. The van der Waals surface area contributed by atoms with Gasteiger partial charge in [-0.3, -0.25) is 0 Å². The number of rotatable bonds is 5. The molecular weight excluding hydrogens is 298 g/mol. The molecule has 7 nitrogen and oxygen atoms in total. The molecule has 0 saturated heterocycles. The van der Waals surface area contributed by atoms with Gasteiger partial charge in [-0.15, -0.1) is 0 Å². The van der Waals surface area contributed by atoms with Crippen molar-refractivity contribution in [2.24, 2.45) is 0 Å². The van der Waals surface area contributed by atoms with Crippen LogP contribution < -0.4 is 14.8 Å². The maximum absolute atomic E-state index is 12.0. The third-order valence-electron chi connectivity index (χ3n) is 3.55. The lowest BCUT2D eigenvalue weighted by atomic mass is 10.1. The first kappa shape index (κ1) is 15.2. The molecule has 0 spiro atoms. The van der Waals surface area contributed by atoms with Crippen molar-refractivity contribution in [3.63, 3.8) is 0 Å². The van der Waals surface area contributed by atoms with E-state index in [1.165, 1.54) is 0 Å². The monoisotopic (exact) mass is 317 g/mol. The summed E-state index contributed by atoms with van der Waals surface area (Å²) in [4.78, 5) is 13.6. The number of aryl methyl sites for hydroxylation is 1. The first-order valence-corrected chi connectivity index (χ1v) is 7.41. The molecule has 0 radical (unpaired) electrons. The van der Waals surface area contributed by atoms with E-state index in [1.807, 2.05) is 31.2 Å². The van der Waals surface area contributed by atoms with E-state index in [0.717, 1.165) is 34.9 Å². The third kappa shape index (κ3) is 3.74. The largest absolute Gasteiger partial charge is 0.454 e. The van der Waals surface area contributed by atoms with Gasteiger partial charge in [0.05, 0.1) is 6.54 Å². The Balaban J connectivity index is 1.45. The Morgan fingerprint density at radius 1 is 1.30 bits per heavy atom. The lowest BCUT2D eigenvalue weighted by molar-refractivity contribution is 0.174. The van der Waals surface area contributed by atoms with Crippen molar-refractivity contribution in [2.75, 3.05) is 20.4 Å². The van der Waals surface area contributed by atoms with Crippen molar-refractivity contribution in [3.05, 3.63) is 41.3 Å². The highest BCUT2D eigenvalue weighted by atomic mass is 16.7. The maximum atomic E-state index is 12.0. The number of nitrogens with one attached hydrogen (secondary N) is 1. The molecule has 7 heteroatoms. The highest BCUT2D eigenvalue weighted by Crippen LogP contribution is 2.32. The molecule has 0 unspecified atom stereocenters. The van der Waals surface area contributed by atoms with Crippen LogP contribution in [0.1, 0.15) is 17.0 Å². The second-order valence-corrected chi connectivity index (χ2v) is 5.45. The predicted octanol–water partition coefficient (Wildman–Crippen LogP) is 2.10. The maximum Gasteiger partial charge on any atom is 0.317 e. The molecule has 1 aliphatic rings. The predicted molar refractivity (Wildman–Crippen MR) is 82.4 cm³/mol. The number of aromatic nitrogens is 1. The Bertz CT molecular complexity index is 698. The minimum Gasteiger partial charge on any atom is -0.454 e. The average Bonchev–Trinajstić information content (AvgIpc) is 3.15. The fraction of sp³-hybridized carbons (Fsp3) is 0.375. The molecule has 1 aromatic carbocycles. The summed E-state index contributed by atoms with van der Waals surface area (Å²) >= 11 is 0. The Hall–Kier alpha value is -2.70. The molecule has 2 aromatic rings. The second kappa shape index (κ2) is 6.60. The Kier molecular flexibility index (Phi) is 4.36. The van der Waals surface area contributed by atoms with Crippen LogP contribution in [0.4, 0.5) is 4.79 Å². The quantitative estimate of drug-likeness (QED) is 0.914. The number of ether oxygens (including phenoxy) is 2. The van der Waals surface area contributed by atoms with Crippen molar-refractivity contribution in [1.29, 1.82) is 0 Å². The van der Waals surface area contributed by atoms with Crippen LogP contribution in [0, 0.1) is 6.92 Å². The third-order valence-corrected chi connectivity index (χ3v) is 3.55. The lowest BCUT2D eigenvalue weighted by Gasteiger charge is -2.16. The van der Waals surface area contributed by atoms with Crippen LogP contribution in [-0.2, 0) is 13.0 Å². The fourth-order valence-corrected chi connectivity index (χ4v) is 2.35. The summed E-state index contributed by atoms with van der Waals surface area (Å²) < 4.78 is 15.6. The normalized spacial score (nSPS) is 12.3. The number of benzene rings is 1. The summed E-state index contributed by atoms with van der Waals surface area (Å²) in [5.74, 6) is 2.25. The van der Waals surface area contributed by atoms with Gasteiger partial charge in [0, 0.05) is 19.7 Å². The number of fused-ring (bicyclic) bond motifs is 1. The number of amides is 2. The zero-order chi connectivity index (χ0) is 16.2. The standard InChI is InChI=1S/C16H19N3O4/c1-11-7-13(18-23-11)9-19(2)16(20)17-6-5-12-3-4-14-15(8-12)22-10-21-14/h3-4,7-8H,5-6,9-10H2,1-2H3,(H,17,20). The number of carbonyl (C=O) groups is 1. The van der Waals surface area contributed by atoms with Gasteiger partial charge in [-0.25, -0.2) is 4.79 Å². The smallest absolute Gasteiger partial charge is 0.317 e. The van der Waals surface area contributed by atoms with E-state index in [0.29, 0.717) is 13.1 Å². The van der Waals surface area contributed by atoms with E-state index in [4.69, 9.17) is 14.0 Å². The SMILES string of the molecule is Cc1cc(CN(C)C(=O)NCCc2ccc3c(c2)OCO3)no1. The molecule has 2 amide bonds. The molecule has 1 aliphatic heterocycles. The number of carbonyl (C=O) groups excluding carboxylic acids is 1. The van der Waals surface area contributed by atoms with Crippen molar-refractivity contribution in [1.82, 2.24) is 15.4 Å². The first-order chi connectivity index (χ1) is 11.1. The van der Waals surface area contributed by atoms with E-state index in [9.17, 15) is 4.79 Å². The van der Waals surface area contributed by atoms with Crippen LogP contribution in [0.15, 0.2) is 28.8 Å². The van der Waals surface area contributed by atoms with Crippen LogP contribution in [-0.4, -0.2) is 36.5 Å². The molecule has 1 aromatic heterocycles. The molecule has 0 fully saturated rings. The number of hydrogen-bond donors (Lipinski definition) is 1. The summed E-state index contributed by atoms with van der Waals surface area (Å²) in [6.07, 6.45) is 0.722. The van der Waals surface area contributed by atoms with Crippen molar-refractivity contribution in [3.8, 4) is 11.5 Å². The summed E-state index contributed by atoms with van der Waals surface area (Å²) in [5, 5.41) is 6.76. The molecule has 23 heavy (non-hydrogen) atoms. The Morgan fingerprint density at radius 2 is 2.13 bits per heavy atom. The molecule has 3 rings (SSSR count). The Morgan fingerprint density at radius 3 is 2.91 bits per heavy atom. The molecule has 0 saturated carbocycles. The summed E-state index contributed by atoms with van der Waals surface area (Å²) in [6, 6.07) is 7.47. The minimum absolute atomic E-state index is 0.147. The topological polar surface area (TPSA) is 76.8 Å². The van der Waals surface area contributed by atoms with Gasteiger partial charge in [0.15, 0.2) is 11.5 Å². The van der Waals surface area contributed by atoms with Gasteiger partial charge in [0.25, 0.3) is 0 Å². The summed E-state index contributed by atoms with van der Waals surface area (Å²) in [6.45, 7) is 3.04. The first-order valence-electron chi connectivity index (χ1n) is 7.41. The van der Waals surface area contributed by atoms with Crippen LogP contribution >= 0.6 is 0 Å². The van der Waals surface area contributed by atoms with Gasteiger partial charge >= 0.3 is 6.03 Å². The molecular formula is C16H19N3O4. The second-order valence-electron chi connectivity index (χ2n) is 5.45. The van der Waals surface area contributed by atoms with E-state index in [1.54, 1.807) is 11.9 Å². The van der Waals surface area contributed by atoms with Crippen molar-refractivity contribution < 1.29 is 18.8 Å². The molecule has 0 bridgehead atoms. The van der Waals surface area contributed by atoms with Gasteiger partial charge in [-0.05, 0) is 31.0 Å². The van der Waals surface area contributed by atoms with Gasteiger partial charge < -0.3 is 24.2 Å². The number of urea groups is 1. The fourth-order valence-electron chi connectivity index (χ4n) is 2.35. The molecule has 0 aliphatic carbocycles. The average molecular weight is 317 g/mol. The van der Waals surface area contributed by atoms with E-state index >= 15 is 0 Å². The number of hydrogen-bond acceptors (Lipinski definition) is 5. The van der Waals surface area contributed by atoms with Crippen LogP contribution in [0.2, 0.25) is 0 Å². The minimum atomic E-state index is -0.147. The van der Waals surface area contributed by atoms with Crippen LogP contribution in [0.5, 0.6) is 11.5 Å². The van der Waals surface area contributed by atoms with Crippen molar-refractivity contribution >= 4 is 6.03 Å². The van der Waals surface area contributed by atoms with Gasteiger partial charge in [0.2, 0.25) is 6.79 Å². The lowest BCUT2D eigenvalue weighted by Crippen LogP contribution is -2.37. The van der Waals surface area contributed by atoms with Crippen LogP contribution in [0.3, 0.4) is 0 Å². The van der Waals surface area contributed by atoms with Gasteiger partial charge in [-0.1, -0.05) is 11.2 Å². The van der Waals surface area contributed by atoms with Crippen molar-refractivity contribution in [2.45, 2.75) is 19.9 Å². The molecule has 2 heterocycles. The summed E-state index contributed by atoms with van der Waals surface area (Å²) in [7, 11) is 1.72. The van der Waals surface area contributed by atoms with E-state index in [2.05, 4.69) is 10.5 Å². The van der Waals surface area contributed by atoms with E-state index in [-0.39, 0.29) is 12.8 Å². The van der Waals surface area contributed by atoms with Crippen LogP contribution in [0.25, 0.3) is 0 Å². The zero-order valence-electron chi connectivity index (χ0n) is 13.2. The number of nitrogens with zero attached hydrogens (tertiary/aromatic N) is 2. The molecule has 1 N–H and O–H groups in total. The highest BCUT2D eigenvalue weighted by Gasteiger charge is 2.14. The molecule has 0 atom stereocenters. The summed E-state index contributed by atoms with van der Waals surface area (Å²) in [5.41, 5.74) is 1.82. The van der Waals surface area contributed by atoms with E-state index < -0.39 is 0 Å². The Labute approximate surface area is 134 Å². The van der Waals surface area contributed by atoms with Gasteiger partial charge in [0.1, 0.15) is 11.5 Å². The zero-order valence-corrected chi connectivity index (χ0v) is 13.2.